The van der Waals surface area contributed by atoms with Gasteiger partial charge in [-0.05, 0) is 17.2 Å². The van der Waals surface area contributed by atoms with E-state index < -0.39 is 15.9 Å². The molecular weight excluding hydrogens is 290 g/mol. The van der Waals surface area contributed by atoms with E-state index in [2.05, 4.69) is 10.1 Å². The van der Waals surface area contributed by atoms with Crippen LogP contribution >= 0.6 is 11.6 Å². The van der Waals surface area contributed by atoms with Crippen LogP contribution in [0.15, 0.2) is 36.8 Å². The molecule has 0 saturated carbocycles. The van der Waals surface area contributed by atoms with Gasteiger partial charge in [-0.1, -0.05) is 16.3 Å². The first-order valence-electron chi connectivity index (χ1n) is 5.35. The summed E-state index contributed by atoms with van der Waals surface area (Å²) in [5.74, 6) is -0.483. The van der Waals surface area contributed by atoms with E-state index in [-0.39, 0.29) is 6.54 Å². The molecule has 2 aromatic rings. The van der Waals surface area contributed by atoms with E-state index in [1.54, 1.807) is 30.6 Å². The number of nitrogens with zero attached hydrogens (tertiary/aromatic N) is 3. The normalized spacial score (nSPS) is 11.5. The van der Waals surface area contributed by atoms with Crippen LogP contribution in [0.3, 0.4) is 0 Å². The summed E-state index contributed by atoms with van der Waals surface area (Å²) in [6, 6.07) is 5.21. The first kappa shape index (κ1) is 13.9. The van der Waals surface area contributed by atoms with Crippen LogP contribution in [0.1, 0.15) is 0 Å². The lowest BCUT2D eigenvalue weighted by atomic mass is 10.2. The van der Waals surface area contributed by atoms with E-state index in [4.69, 9.17) is 11.6 Å². The Hall–Kier alpha value is -1.57. The number of halogens is 1. The predicted molar refractivity (Wildman–Crippen MR) is 67.2 cm³/mol. The highest BCUT2D eigenvalue weighted by Crippen LogP contribution is 2.16. The maximum Gasteiger partial charge on any atom is 0.197 e. The quantitative estimate of drug-likeness (QED) is 0.610. The smallest absolute Gasteiger partial charge is 0.197 e. The molecule has 6 nitrogen and oxygen atoms in total. The van der Waals surface area contributed by atoms with Gasteiger partial charge in [-0.3, -0.25) is 4.98 Å². The molecule has 0 saturated heterocycles. The highest BCUT2D eigenvalue weighted by atomic mass is 35.5. The molecule has 0 atom stereocenters. The molecule has 2 rings (SSSR count). The highest BCUT2D eigenvalue weighted by Gasteiger charge is 2.07. The lowest BCUT2D eigenvalue weighted by molar-refractivity contribution is -0.750. The minimum Gasteiger partial charge on any atom is -0.748 e. The molecule has 2 aromatic heterocycles. The Balaban J connectivity index is 2.12. The molecule has 0 aliphatic carbocycles. The summed E-state index contributed by atoms with van der Waals surface area (Å²) in [4.78, 5) is 4.14. The third kappa shape index (κ3) is 4.23. The van der Waals surface area contributed by atoms with E-state index in [0.29, 0.717) is 10.7 Å². The van der Waals surface area contributed by atoms with Crippen LogP contribution in [0, 0.1) is 0 Å². The Bertz CT molecular complexity index is 657. The zero-order valence-electron chi connectivity index (χ0n) is 9.73. The van der Waals surface area contributed by atoms with E-state index in [9.17, 15) is 13.0 Å². The molecule has 0 aliphatic heterocycles. The SMILES string of the molecule is O=S(=O)([O-])CC[n+]1ccc(-c2ccc(Cl)cn2)cn1. The van der Waals surface area contributed by atoms with Gasteiger partial charge in [-0.2, -0.15) is 0 Å². The molecule has 0 aromatic carbocycles. The van der Waals surface area contributed by atoms with Gasteiger partial charge in [-0.25, -0.2) is 8.42 Å². The van der Waals surface area contributed by atoms with Crippen LogP contribution in [0.5, 0.6) is 0 Å². The number of aromatic nitrogens is 3. The monoisotopic (exact) mass is 299 g/mol. The van der Waals surface area contributed by atoms with Crippen LogP contribution in [0.4, 0.5) is 0 Å². The van der Waals surface area contributed by atoms with E-state index in [1.165, 1.54) is 10.9 Å². The Morgan fingerprint density at radius 1 is 1.26 bits per heavy atom. The summed E-state index contributed by atoms with van der Waals surface area (Å²) in [5.41, 5.74) is 1.48. The van der Waals surface area contributed by atoms with E-state index in [1.807, 2.05) is 0 Å². The summed E-state index contributed by atoms with van der Waals surface area (Å²) in [7, 11) is -4.23. The number of hydrogen-bond donors (Lipinski definition) is 0. The van der Waals surface area contributed by atoms with Crippen LogP contribution in [0.2, 0.25) is 5.02 Å². The standard InChI is InChI=1S/C11H10ClN3O3S/c12-10-1-2-11(13-8-10)9-3-4-15(14-7-9)5-6-19(16,17)18/h1-4,7-8H,5-6H2. The van der Waals surface area contributed by atoms with E-state index >= 15 is 0 Å². The van der Waals surface area contributed by atoms with Gasteiger partial charge in [0, 0.05) is 17.8 Å². The van der Waals surface area contributed by atoms with Crippen LogP contribution < -0.4 is 4.68 Å². The molecule has 0 aliphatic rings. The van der Waals surface area contributed by atoms with Crippen molar-refractivity contribution in [2.75, 3.05) is 5.75 Å². The van der Waals surface area contributed by atoms with Crippen LogP contribution in [-0.4, -0.2) is 28.8 Å². The molecule has 8 heteroatoms. The lowest BCUT2D eigenvalue weighted by Crippen LogP contribution is -2.40. The fourth-order valence-corrected chi connectivity index (χ4v) is 1.94. The van der Waals surface area contributed by atoms with Crippen molar-refractivity contribution >= 4 is 21.7 Å². The maximum absolute atomic E-state index is 10.5. The summed E-state index contributed by atoms with van der Waals surface area (Å²) >= 11 is 5.74. The molecule has 0 amide bonds. The second-order valence-corrected chi connectivity index (χ2v) is 5.76. The average molecular weight is 300 g/mol. The highest BCUT2D eigenvalue weighted by molar-refractivity contribution is 7.85. The number of hydrogen-bond acceptors (Lipinski definition) is 5. The Kier molecular flexibility index (Phi) is 4.08. The minimum atomic E-state index is -4.23. The van der Waals surface area contributed by atoms with Gasteiger partial charge in [-0.15, -0.1) is 0 Å². The summed E-state index contributed by atoms with van der Waals surface area (Å²) < 4.78 is 32.9. The average Bonchev–Trinajstić information content (AvgIpc) is 2.37. The summed E-state index contributed by atoms with van der Waals surface area (Å²) in [6.45, 7) is 0.0279. The van der Waals surface area contributed by atoms with Crippen molar-refractivity contribution in [3.63, 3.8) is 0 Å². The van der Waals surface area contributed by atoms with Crippen molar-refractivity contribution in [2.24, 2.45) is 0 Å². The number of pyridine rings is 1. The zero-order chi connectivity index (χ0) is 13.9. The van der Waals surface area contributed by atoms with Gasteiger partial charge in [0.2, 0.25) is 0 Å². The molecule has 0 bridgehead atoms. The van der Waals surface area contributed by atoms with Gasteiger partial charge >= 0.3 is 0 Å². The van der Waals surface area contributed by atoms with Crippen molar-refractivity contribution in [3.8, 4) is 11.3 Å². The topological polar surface area (TPSA) is 86.9 Å². The van der Waals surface area contributed by atoms with Crippen LogP contribution in [-0.2, 0) is 16.7 Å². The van der Waals surface area contributed by atoms with Crippen LogP contribution in [0.25, 0.3) is 11.3 Å². The molecule has 19 heavy (non-hydrogen) atoms. The van der Waals surface area contributed by atoms with Gasteiger partial charge in [0.15, 0.2) is 12.7 Å². The van der Waals surface area contributed by atoms with Crippen molar-refractivity contribution in [1.29, 1.82) is 0 Å². The van der Waals surface area contributed by atoms with Crippen molar-refractivity contribution in [2.45, 2.75) is 6.54 Å². The van der Waals surface area contributed by atoms with Crippen molar-refractivity contribution < 1.29 is 17.7 Å². The van der Waals surface area contributed by atoms with Gasteiger partial charge in [0.25, 0.3) is 0 Å². The molecule has 100 valence electrons. The fourth-order valence-electron chi connectivity index (χ4n) is 1.42. The molecule has 0 spiro atoms. The third-order valence-corrected chi connectivity index (χ3v) is 3.27. The number of rotatable bonds is 4. The van der Waals surface area contributed by atoms with Gasteiger partial charge < -0.3 is 4.55 Å². The van der Waals surface area contributed by atoms with Crippen molar-refractivity contribution in [3.05, 3.63) is 41.8 Å². The molecular formula is C11H10ClN3O3S. The second-order valence-electron chi connectivity index (χ2n) is 3.80. The van der Waals surface area contributed by atoms with Gasteiger partial charge in [0.05, 0.1) is 16.5 Å². The zero-order valence-corrected chi connectivity index (χ0v) is 11.3. The molecule has 0 N–H and O–H groups in total. The lowest BCUT2D eigenvalue weighted by Gasteiger charge is -2.02. The van der Waals surface area contributed by atoms with E-state index in [0.717, 1.165) is 5.56 Å². The van der Waals surface area contributed by atoms with Gasteiger partial charge in [0.1, 0.15) is 16.3 Å². The molecule has 2 heterocycles. The minimum absolute atomic E-state index is 0.0279. The number of aryl methyl sites for hydroxylation is 1. The first-order valence-corrected chi connectivity index (χ1v) is 7.31. The molecule has 0 radical (unpaired) electrons. The molecule has 0 fully saturated rings. The first-order chi connectivity index (χ1) is 8.94. The Labute approximate surface area is 115 Å². The summed E-state index contributed by atoms with van der Waals surface area (Å²) in [5, 5.41) is 4.57. The van der Waals surface area contributed by atoms with Crippen molar-refractivity contribution in [1.82, 2.24) is 10.1 Å². The maximum atomic E-state index is 10.5. The third-order valence-electron chi connectivity index (χ3n) is 2.36. The second kappa shape index (κ2) is 5.60. The summed E-state index contributed by atoms with van der Waals surface area (Å²) in [6.07, 6.45) is 4.67. The Morgan fingerprint density at radius 2 is 2.05 bits per heavy atom. The predicted octanol–water partition coefficient (Wildman–Crippen LogP) is 0.630. The molecule has 0 unspecified atom stereocenters. The largest absolute Gasteiger partial charge is 0.748 e. The fraction of sp³-hybridized carbons (Fsp3) is 0.182. The Morgan fingerprint density at radius 3 is 2.58 bits per heavy atom.